The van der Waals surface area contributed by atoms with Crippen molar-refractivity contribution in [1.82, 2.24) is 0 Å². The van der Waals surface area contributed by atoms with Crippen LogP contribution >= 0.6 is 28.6 Å². The summed E-state index contributed by atoms with van der Waals surface area (Å²) in [6.45, 7) is 0. The Bertz CT molecular complexity index is 286. The first-order valence-electron chi connectivity index (χ1n) is 3.63. The first-order chi connectivity index (χ1) is 5.74. The lowest BCUT2D eigenvalue weighted by Gasteiger charge is -1.98. The van der Waals surface area contributed by atoms with Crippen LogP contribution < -0.4 is 0 Å². The number of halogens is 1. The lowest BCUT2D eigenvalue weighted by Crippen LogP contribution is -1.98. The van der Waals surface area contributed by atoms with Gasteiger partial charge >= 0.3 is 0 Å². The third kappa shape index (κ3) is 2.64. The summed E-state index contributed by atoms with van der Waals surface area (Å²) in [5.74, 6) is 0.747. The van der Waals surface area contributed by atoms with Crippen LogP contribution in [0.25, 0.3) is 0 Å². The number of carbonyl (C=O) groups is 1. The summed E-state index contributed by atoms with van der Waals surface area (Å²) >= 11 is 7.31. The molecule has 0 heterocycles. The van der Waals surface area contributed by atoms with E-state index in [1.165, 1.54) is 0 Å². The maximum Gasteiger partial charge on any atom is 0.163 e. The molecule has 0 atom stereocenters. The molecule has 0 saturated carbocycles. The van der Waals surface area contributed by atoms with E-state index in [0.717, 1.165) is 10.0 Å². The van der Waals surface area contributed by atoms with Gasteiger partial charge in [-0.05, 0) is 17.9 Å². The van der Waals surface area contributed by atoms with Gasteiger partial charge in [0.25, 0.3) is 0 Å². The maximum absolute atomic E-state index is 11.3. The molecule has 1 rings (SSSR count). The van der Waals surface area contributed by atoms with Gasteiger partial charge in [0.15, 0.2) is 5.78 Å². The van der Waals surface area contributed by atoms with Crippen LogP contribution in [0.1, 0.15) is 16.8 Å². The largest absolute Gasteiger partial charge is 0.294 e. The summed E-state index contributed by atoms with van der Waals surface area (Å²) in [5, 5.41) is 0. The quantitative estimate of drug-likeness (QED) is 0.640. The summed E-state index contributed by atoms with van der Waals surface area (Å²) in [6.07, 6.45) is 0.500. The smallest absolute Gasteiger partial charge is 0.163 e. The van der Waals surface area contributed by atoms with E-state index >= 15 is 0 Å². The summed E-state index contributed by atoms with van der Waals surface area (Å²) in [7, 11) is 0. The highest BCUT2D eigenvalue weighted by Gasteiger charge is 2.03. The highest BCUT2D eigenvalue weighted by Crippen LogP contribution is 2.13. The topological polar surface area (TPSA) is 17.1 Å². The van der Waals surface area contributed by atoms with Crippen LogP contribution in [0, 0.1) is 0 Å². The molecule has 0 spiro atoms. The molecule has 0 aromatic heterocycles. The molecule has 64 valence electrons. The summed E-state index contributed by atoms with van der Waals surface area (Å²) in [4.78, 5) is 11.3. The molecule has 0 amide bonds. The molecular weight excluding hydrogens is 236 g/mol. The molecule has 3 heteroatoms. The van der Waals surface area contributed by atoms with Crippen LogP contribution in [-0.2, 0) is 0 Å². The lowest BCUT2D eigenvalue weighted by atomic mass is 10.1. The average Bonchev–Trinajstić information content (AvgIpc) is 2.05. The van der Waals surface area contributed by atoms with Gasteiger partial charge in [-0.1, -0.05) is 28.1 Å². The van der Waals surface area contributed by atoms with E-state index < -0.39 is 0 Å². The van der Waals surface area contributed by atoms with Crippen molar-refractivity contribution in [2.75, 3.05) is 5.75 Å². The maximum atomic E-state index is 11.3. The van der Waals surface area contributed by atoms with Crippen molar-refractivity contribution in [3.8, 4) is 0 Å². The van der Waals surface area contributed by atoms with Gasteiger partial charge in [0, 0.05) is 16.5 Å². The highest BCUT2D eigenvalue weighted by molar-refractivity contribution is 9.10. The molecule has 0 unspecified atom stereocenters. The van der Waals surface area contributed by atoms with Gasteiger partial charge in [0.05, 0.1) is 0 Å². The van der Waals surface area contributed by atoms with E-state index in [4.69, 9.17) is 0 Å². The van der Waals surface area contributed by atoms with Crippen LogP contribution in [0.3, 0.4) is 0 Å². The molecular formula is C9H9BrOS. The second-order valence-electron chi connectivity index (χ2n) is 2.41. The van der Waals surface area contributed by atoms with Crippen molar-refractivity contribution >= 4 is 34.3 Å². The zero-order valence-corrected chi connectivity index (χ0v) is 8.94. The van der Waals surface area contributed by atoms with Gasteiger partial charge in [-0.2, -0.15) is 12.6 Å². The predicted molar refractivity (Wildman–Crippen MR) is 56.9 cm³/mol. The Morgan fingerprint density at radius 3 is 2.83 bits per heavy atom. The van der Waals surface area contributed by atoms with Crippen LogP contribution in [0.15, 0.2) is 28.7 Å². The number of rotatable bonds is 3. The minimum atomic E-state index is 0.145. The van der Waals surface area contributed by atoms with E-state index in [1.54, 1.807) is 0 Å². The summed E-state index contributed by atoms with van der Waals surface area (Å²) < 4.78 is 0.938. The van der Waals surface area contributed by atoms with Crippen molar-refractivity contribution in [3.63, 3.8) is 0 Å². The third-order valence-corrected chi connectivity index (χ3v) is 2.20. The number of Topliss-reactive ketones (excluding diaryl/α,β-unsaturated/α-hetero) is 1. The van der Waals surface area contributed by atoms with Gasteiger partial charge in [-0.3, -0.25) is 4.79 Å². The molecule has 0 fully saturated rings. The molecule has 0 saturated heterocycles. The fourth-order valence-corrected chi connectivity index (χ4v) is 1.51. The minimum absolute atomic E-state index is 0.145. The molecule has 1 aromatic carbocycles. The lowest BCUT2D eigenvalue weighted by molar-refractivity contribution is 0.0989. The summed E-state index contributed by atoms with van der Waals surface area (Å²) in [5.41, 5.74) is 0.749. The zero-order valence-electron chi connectivity index (χ0n) is 6.46. The molecule has 1 nitrogen and oxygen atoms in total. The zero-order chi connectivity index (χ0) is 8.97. The molecule has 0 N–H and O–H groups in total. The van der Waals surface area contributed by atoms with Gasteiger partial charge in [0.2, 0.25) is 0 Å². The molecule has 0 aliphatic carbocycles. The Kier molecular flexibility index (Phi) is 3.82. The Morgan fingerprint density at radius 1 is 1.50 bits per heavy atom. The monoisotopic (exact) mass is 244 g/mol. The normalized spacial score (nSPS) is 9.83. The van der Waals surface area contributed by atoms with E-state index in [-0.39, 0.29) is 5.78 Å². The van der Waals surface area contributed by atoms with Gasteiger partial charge in [-0.25, -0.2) is 0 Å². The van der Waals surface area contributed by atoms with Crippen molar-refractivity contribution in [1.29, 1.82) is 0 Å². The molecule has 0 radical (unpaired) electrons. The highest BCUT2D eigenvalue weighted by atomic mass is 79.9. The number of benzene rings is 1. The number of thiol groups is 1. The van der Waals surface area contributed by atoms with Crippen molar-refractivity contribution < 1.29 is 4.79 Å². The van der Waals surface area contributed by atoms with Gasteiger partial charge < -0.3 is 0 Å². The Labute approximate surface area is 85.7 Å². The average molecular weight is 245 g/mol. The predicted octanol–water partition coefficient (Wildman–Crippen LogP) is 2.95. The van der Waals surface area contributed by atoms with Gasteiger partial charge in [0.1, 0.15) is 0 Å². The van der Waals surface area contributed by atoms with Crippen molar-refractivity contribution in [3.05, 3.63) is 34.3 Å². The SMILES string of the molecule is O=C(CCS)c1cccc(Br)c1. The standard InChI is InChI=1S/C9H9BrOS/c10-8-3-1-2-7(6-8)9(11)4-5-12/h1-3,6,12H,4-5H2. The van der Waals surface area contributed by atoms with Gasteiger partial charge in [-0.15, -0.1) is 0 Å². The van der Waals surface area contributed by atoms with Crippen molar-refractivity contribution in [2.45, 2.75) is 6.42 Å². The first kappa shape index (κ1) is 9.81. The fourth-order valence-electron chi connectivity index (χ4n) is 0.908. The second kappa shape index (κ2) is 4.67. The van der Waals surface area contributed by atoms with Crippen molar-refractivity contribution in [2.24, 2.45) is 0 Å². The molecule has 1 aromatic rings. The Hall–Kier alpha value is -0.280. The number of ketones is 1. The van der Waals surface area contributed by atoms with Crippen LogP contribution in [0.2, 0.25) is 0 Å². The van der Waals surface area contributed by atoms with Crippen LogP contribution in [-0.4, -0.2) is 11.5 Å². The number of carbonyl (C=O) groups excluding carboxylic acids is 1. The fraction of sp³-hybridized carbons (Fsp3) is 0.222. The van der Waals surface area contributed by atoms with Crippen LogP contribution in [0.4, 0.5) is 0 Å². The third-order valence-electron chi connectivity index (χ3n) is 1.49. The minimum Gasteiger partial charge on any atom is -0.294 e. The number of hydrogen-bond acceptors (Lipinski definition) is 2. The molecule has 0 bridgehead atoms. The van der Waals surface area contributed by atoms with E-state index in [1.807, 2.05) is 24.3 Å². The molecule has 0 aliphatic heterocycles. The molecule has 12 heavy (non-hydrogen) atoms. The van der Waals surface area contributed by atoms with Crippen LogP contribution in [0.5, 0.6) is 0 Å². The van der Waals surface area contributed by atoms with E-state index in [2.05, 4.69) is 28.6 Å². The van der Waals surface area contributed by atoms with E-state index in [0.29, 0.717) is 12.2 Å². The summed E-state index contributed by atoms with van der Waals surface area (Å²) in [6, 6.07) is 7.40. The first-order valence-corrected chi connectivity index (χ1v) is 5.06. The Balaban J connectivity index is 2.81. The molecule has 0 aliphatic rings. The Morgan fingerprint density at radius 2 is 2.25 bits per heavy atom. The van der Waals surface area contributed by atoms with E-state index in [9.17, 15) is 4.79 Å². The second-order valence-corrected chi connectivity index (χ2v) is 3.77. The number of hydrogen-bond donors (Lipinski definition) is 1.